The number of aromatic hydroxyl groups is 1. The Morgan fingerprint density at radius 2 is 1.93 bits per heavy atom. The number of nitriles is 1. The SMILES string of the molecule is CC1(C)CN(/C(N)=C/C=C(\N)C#N)CCC1Nc1c(/C(N)=N/c2ccc(O)cc2Cl)cnn2cc(-c3ccncc3)cc12. The first-order chi connectivity index (χ1) is 20.6. The van der Waals surface area contributed by atoms with Gasteiger partial charge in [0.15, 0.2) is 0 Å². The van der Waals surface area contributed by atoms with Crippen molar-refractivity contribution in [3.63, 3.8) is 0 Å². The number of nitrogens with one attached hydrogen (secondary N) is 1. The van der Waals surface area contributed by atoms with E-state index in [4.69, 9.17) is 34.1 Å². The number of rotatable bonds is 7. The number of anilines is 1. The van der Waals surface area contributed by atoms with E-state index in [1.807, 2.05) is 28.9 Å². The Morgan fingerprint density at radius 3 is 2.63 bits per heavy atom. The molecule has 1 unspecified atom stereocenters. The molecule has 0 spiro atoms. The first kappa shape index (κ1) is 29.3. The number of aliphatic imine (C=N–C) groups is 1. The van der Waals surface area contributed by atoms with Crippen LogP contribution in [0.3, 0.4) is 0 Å². The Balaban J connectivity index is 1.54. The topological polar surface area (TPSA) is 180 Å². The van der Waals surface area contributed by atoms with Crippen LogP contribution < -0.4 is 22.5 Å². The lowest BCUT2D eigenvalue weighted by Gasteiger charge is -2.46. The van der Waals surface area contributed by atoms with Crippen LogP contribution in [0.5, 0.6) is 5.75 Å². The van der Waals surface area contributed by atoms with Gasteiger partial charge in [0.05, 0.1) is 39.5 Å². The molecule has 1 fully saturated rings. The smallest absolute Gasteiger partial charge is 0.135 e. The number of nitrogens with zero attached hydrogens (tertiary/aromatic N) is 6. The van der Waals surface area contributed by atoms with Gasteiger partial charge < -0.3 is 32.5 Å². The third-order valence-corrected chi connectivity index (χ3v) is 7.88. The minimum Gasteiger partial charge on any atom is -0.508 e. The third kappa shape index (κ3) is 6.34. The lowest BCUT2D eigenvalue weighted by atomic mass is 9.78. The van der Waals surface area contributed by atoms with Gasteiger partial charge in [-0.1, -0.05) is 25.4 Å². The van der Waals surface area contributed by atoms with E-state index >= 15 is 0 Å². The molecule has 0 bridgehead atoms. The number of allylic oxidation sites excluding steroid dienone is 3. The molecule has 1 aliphatic rings. The van der Waals surface area contributed by atoms with Crippen molar-refractivity contribution in [3.8, 4) is 22.9 Å². The zero-order chi connectivity index (χ0) is 30.7. The molecule has 3 aromatic heterocycles. The molecule has 0 radical (unpaired) electrons. The Labute approximate surface area is 254 Å². The molecule has 0 amide bonds. The highest BCUT2D eigenvalue weighted by atomic mass is 35.5. The lowest BCUT2D eigenvalue weighted by molar-refractivity contribution is 0.131. The molecule has 0 saturated carbocycles. The van der Waals surface area contributed by atoms with Crippen molar-refractivity contribution in [2.24, 2.45) is 27.6 Å². The largest absolute Gasteiger partial charge is 0.508 e. The van der Waals surface area contributed by atoms with Gasteiger partial charge in [-0.3, -0.25) is 4.98 Å². The van der Waals surface area contributed by atoms with Gasteiger partial charge in [-0.2, -0.15) is 10.4 Å². The molecule has 220 valence electrons. The maximum atomic E-state index is 9.77. The average molecular weight is 597 g/mol. The lowest BCUT2D eigenvalue weighted by Crippen LogP contribution is -2.52. The fourth-order valence-electron chi connectivity index (χ4n) is 5.22. The van der Waals surface area contributed by atoms with Crippen molar-refractivity contribution in [2.45, 2.75) is 26.3 Å². The summed E-state index contributed by atoms with van der Waals surface area (Å²) in [6.45, 7) is 5.71. The van der Waals surface area contributed by atoms with Crippen molar-refractivity contribution in [1.29, 1.82) is 5.26 Å². The summed E-state index contributed by atoms with van der Waals surface area (Å²) in [6, 6.07) is 12.4. The summed E-state index contributed by atoms with van der Waals surface area (Å²) >= 11 is 6.34. The van der Waals surface area contributed by atoms with Crippen LogP contribution in [0.25, 0.3) is 16.6 Å². The molecule has 4 heterocycles. The molecular weight excluding hydrogens is 564 g/mol. The highest BCUT2D eigenvalue weighted by molar-refractivity contribution is 6.33. The van der Waals surface area contributed by atoms with Crippen LogP contribution >= 0.6 is 11.6 Å². The molecule has 1 atom stereocenters. The number of benzene rings is 1. The van der Waals surface area contributed by atoms with Gasteiger partial charge in [0.2, 0.25) is 0 Å². The molecule has 1 aliphatic heterocycles. The Morgan fingerprint density at radius 1 is 1.16 bits per heavy atom. The van der Waals surface area contributed by atoms with Crippen LogP contribution in [0.2, 0.25) is 5.02 Å². The van der Waals surface area contributed by atoms with Crippen molar-refractivity contribution < 1.29 is 5.11 Å². The number of hydrogen-bond donors (Lipinski definition) is 5. The van der Waals surface area contributed by atoms with E-state index in [-0.39, 0.29) is 33.8 Å². The molecule has 5 rings (SSSR count). The fourth-order valence-corrected chi connectivity index (χ4v) is 5.44. The number of halogens is 1. The number of piperidine rings is 1. The molecule has 11 nitrogen and oxygen atoms in total. The van der Waals surface area contributed by atoms with E-state index in [1.54, 1.807) is 30.7 Å². The summed E-state index contributed by atoms with van der Waals surface area (Å²) in [4.78, 5) is 10.8. The Bertz CT molecular complexity index is 1790. The fraction of sp³-hybridized carbons (Fsp3) is 0.226. The predicted molar refractivity (Wildman–Crippen MR) is 169 cm³/mol. The summed E-state index contributed by atoms with van der Waals surface area (Å²) in [5, 5.41) is 27.4. The van der Waals surface area contributed by atoms with E-state index in [1.165, 1.54) is 18.2 Å². The number of pyridine rings is 1. The van der Waals surface area contributed by atoms with Gasteiger partial charge in [-0.05, 0) is 54.5 Å². The van der Waals surface area contributed by atoms with Crippen LogP contribution in [0, 0.1) is 16.7 Å². The second-order valence-electron chi connectivity index (χ2n) is 11.1. The quantitative estimate of drug-likeness (QED) is 0.0889. The monoisotopic (exact) mass is 596 g/mol. The standard InChI is InChI=1S/C31H33ClN10O/c1-31(2)18-41(28(35)6-3-21(34)15-33)12-9-27(31)40-29-23(30(36)39-25-5-4-22(43)14-24(25)32)16-38-42-17-20(13-26(29)42)19-7-10-37-11-8-19/h3-8,10-11,13-14,16-17,27,40,43H,9,12,18,34-35H2,1-2H3,(H2,36,39)/b21-3-,28-6+. The number of hydrogen-bond acceptors (Lipinski definition) is 9. The summed E-state index contributed by atoms with van der Waals surface area (Å²) in [7, 11) is 0. The molecule has 1 saturated heterocycles. The molecule has 8 N–H and O–H groups in total. The van der Waals surface area contributed by atoms with Gasteiger partial charge in [0.25, 0.3) is 0 Å². The van der Waals surface area contributed by atoms with Crippen LogP contribution in [-0.2, 0) is 0 Å². The maximum Gasteiger partial charge on any atom is 0.135 e. The van der Waals surface area contributed by atoms with E-state index < -0.39 is 0 Å². The van der Waals surface area contributed by atoms with Crippen molar-refractivity contribution >= 4 is 34.3 Å². The third-order valence-electron chi connectivity index (χ3n) is 7.57. The molecular formula is C31H33ClN10O. The van der Waals surface area contributed by atoms with Crippen molar-refractivity contribution in [1.82, 2.24) is 19.5 Å². The zero-order valence-electron chi connectivity index (χ0n) is 23.9. The van der Waals surface area contributed by atoms with Crippen molar-refractivity contribution in [2.75, 3.05) is 18.4 Å². The summed E-state index contributed by atoms with van der Waals surface area (Å²) in [5.41, 5.74) is 23.1. The van der Waals surface area contributed by atoms with E-state index in [2.05, 4.69) is 45.2 Å². The summed E-state index contributed by atoms with van der Waals surface area (Å²) < 4.78 is 1.82. The highest BCUT2D eigenvalue weighted by Crippen LogP contribution is 2.36. The summed E-state index contributed by atoms with van der Waals surface area (Å²) in [6.07, 6.45) is 11.1. The predicted octanol–water partition coefficient (Wildman–Crippen LogP) is 4.47. The second-order valence-corrected chi connectivity index (χ2v) is 11.5. The van der Waals surface area contributed by atoms with E-state index in [9.17, 15) is 5.11 Å². The molecule has 4 aromatic rings. The average Bonchev–Trinajstić information content (AvgIpc) is 3.43. The van der Waals surface area contributed by atoms with Crippen LogP contribution in [0.15, 0.2) is 89.8 Å². The Hall–Kier alpha value is -5.21. The van der Waals surface area contributed by atoms with Gasteiger partial charge in [-0.15, -0.1) is 0 Å². The van der Waals surface area contributed by atoms with Gasteiger partial charge in [0.1, 0.15) is 23.4 Å². The number of nitrogens with two attached hydrogens (primary N) is 3. The first-order valence-electron chi connectivity index (χ1n) is 13.6. The van der Waals surface area contributed by atoms with E-state index in [0.717, 1.165) is 28.8 Å². The second kappa shape index (κ2) is 12.0. The minimum atomic E-state index is -0.231. The number of phenols is 1. The van der Waals surface area contributed by atoms with Crippen LogP contribution in [0.4, 0.5) is 11.4 Å². The van der Waals surface area contributed by atoms with Crippen LogP contribution in [0.1, 0.15) is 25.8 Å². The maximum absolute atomic E-state index is 9.77. The summed E-state index contributed by atoms with van der Waals surface area (Å²) in [5.74, 6) is 0.812. The number of amidine groups is 1. The van der Waals surface area contributed by atoms with E-state index in [0.29, 0.717) is 30.2 Å². The number of likely N-dealkylation sites (tertiary alicyclic amines) is 1. The number of fused-ring (bicyclic) bond motifs is 1. The molecule has 0 aliphatic carbocycles. The molecule has 12 heteroatoms. The molecule has 1 aromatic carbocycles. The van der Waals surface area contributed by atoms with Gasteiger partial charge in [-0.25, -0.2) is 9.51 Å². The first-order valence-corrected chi connectivity index (χ1v) is 14.0. The van der Waals surface area contributed by atoms with Gasteiger partial charge in [0, 0.05) is 54.8 Å². The zero-order valence-corrected chi connectivity index (χ0v) is 24.6. The highest BCUT2D eigenvalue weighted by Gasteiger charge is 2.37. The Kier molecular flexibility index (Phi) is 8.14. The van der Waals surface area contributed by atoms with Crippen LogP contribution in [-0.4, -0.2) is 49.6 Å². The molecule has 43 heavy (non-hydrogen) atoms. The van der Waals surface area contributed by atoms with Gasteiger partial charge >= 0.3 is 0 Å². The minimum absolute atomic E-state index is 0.0329. The number of phenolic OH excluding ortho intramolecular Hbond substituents is 1. The van der Waals surface area contributed by atoms with Crippen molar-refractivity contribution in [3.05, 3.63) is 95.4 Å². The number of aromatic nitrogens is 3. The normalized spacial score (nSPS) is 17.6.